The van der Waals surface area contributed by atoms with Gasteiger partial charge in [0.25, 0.3) is 0 Å². The second kappa shape index (κ2) is 5.83. The van der Waals surface area contributed by atoms with E-state index in [9.17, 15) is 9.59 Å². The van der Waals surface area contributed by atoms with Gasteiger partial charge >= 0.3 is 5.97 Å². The van der Waals surface area contributed by atoms with Crippen molar-refractivity contribution >= 4 is 11.8 Å². The third-order valence-corrected chi connectivity index (χ3v) is 3.08. The van der Waals surface area contributed by atoms with Crippen molar-refractivity contribution < 1.29 is 14.3 Å². The molecule has 0 aromatic heterocycles. The van der Waals surface area contributed by atoms with Crippen LogP contribution in [0.5, 0.6) is 0 Å². The molecule has 1 aliphatic rings. The summed E-state index contributed by atoms with van der Waals surface area (Å²) in [5.41, 5.74) is -0.873. The van der Waals surface area contributed by atoms with Crippen LogP contribution in [0.2, 0.25) is 0 Å². The van der Waals surface area contributed by atoms with Crippen LogP contribution < -0.4 is 0 Å². The van der Waals surface area contributed by atoms with Gasteiger partial charge in [-0.2, -0.15) is 0 Å². The van der Waals surface area contributed by atoms with Crippen LogP contribution in [0.4, 0.5) is 0 Å². The summed E-state index contributed by atoms with van der Waals surface area (Å²) in [4.78, 5) is 23.8. The van der Waals surface area contributed by atoms with Crippen LogP contribution >= 0.6 is 0 Å². The van der Waals surface area contributed by atoms with Crippen LogP contribution in [0, 0.1) is 5.41 Å². The quantitative estimate of drug-likeness (QED) is 0.409. The molecule has 0 bridgehead atoms. The van der Waals surface area contributed by atoms with Gasteiger partial charge in [0, 0.05) is 6.42 Å². The molecule has 0 N–H and O–H groups in total. The Morgan fingerprint density at radius 3 is 2.69 bits per heavy atom. The van der Waals surface area contributed by atoms with Crippen molar-refractivity contribution in [3.63, 3.8) is 0 Å². The van der Waals surface area contributed by atoms with Crippen LogP contribution in [0.15, 0.2) is 12.2 Å². The highest BCUT2D eigenvalue weighted by molar-refractivity contribution is 6.05. The topological polar surface area (TPSA) is 43.4 Å². The van der Waals surface area contributed by atoms with E-state index in [2.05, 4.69) is 0 Å². The minimum Gasteiger partial charge on any atom is -0.465 e. The van der Waals surface area contributed by atoms with Gasteiger partial charge in [-0.1, -0.05) is 19.1 Å². The van der Waals surface area contributed by atoms with Crippen LogP contribution in [0.1, 0.15) is 46.0 Å². The van der Waals surface area contributed by atoms with Gasteiger partial charge in [0.05, 0.1) is 6.61 Å². The molecule has 1 aliphatic carbocycles. The fraction of sp³-hybridized carbons (Fsp3) is 0.692. The minimum atomic E-state index is -0.873. The van der Waals surface area contributed by atoms with E-state index in [1.54, 1.807) is 6.92 Å². The number of Topliss-reactive ketones (excluding diaryl/α,β-unsaturated/α-hetero) is 1. The molecule has 1 unspecified atom stereocenters. The molecule has 16 heavy (non-hydrogen) atoms. The van der Waals surface area contributed by atoms with E-state index in [1.807, 2.05) is 19.1 Å². The molecule has 0 aliphatic heterocycles. The first-order valence-corrected chi connectivity index (χ1v) is 6.03. The van der Waals surface area contributed by atoms with E-state index in [4.69, 9.17) is 4.74 Å². The van der Waals surface area contributed by atoms with Gasteiger partial charge in [0.1, 0.15) is 5.41 Å². The molecule has 0 amide bonds. The summed E-state index contributed by atoms with van der Waals surface area (Å²) in [6, 6.07) is 0. The lowest BCUT2D eigenvalue weighted by Gasteiger charge is -2.23. The molecule has 1 atom stereocenters. The summed E-state index contributed by atoms with van der Waals surface area (Å²) >= 11 is 0. The maximum absolute atomic E-state index is 11.9. The lowest BCUT2D eigenvalue weighted by Crippen LogP contribution is -2.36. The van der Waals surface area contributed by atoms with Crippen molar-refractivity contribution in [1.82, 2.24) is 0 Å². The molecule has 1 saturated carbocycles. The van der Waals surface area contributed by atoms with Gasteiger partial charge in [0.2, 0.25) is 0 Å². The Balaban J connectivity index is 2.80. The zero-order chi connectivity index (χ0) is 12.0. The molecule has 3 heteroatoms. The largest absolute Gasteiger partial charge is 0.465 e. The highest BCUT2D eigenvalue weighted by atomic mass is 16.5. The number of allylic oxidation sites excluding steroid dienone is 2. The number of rotatable bonds is 5. The third-order valence-electron chi connectivity index (χ3n) is 3.08. The normalized spacial score (nSPS) is 25.2. The van der Waals surface area contributed by atoms with Crippen molar-refractivity contribution in [2.75, 3.05) is 6.61 Å². The summed E-state index contributed by atoms with van der Waals surface area (Å²) in [5.74, 6) is -0.287. The first-order valence-electron chi connectivity index (χ1n) is 6.03. The molecular weight excluding hydrogens is 204 g/mol. The first kappa shape index (κ1) is 12.9. The first-order chi connectivity index (χ1) is 7.67. The van der Waals surface area contributed by atoms with Crippen molar-refractivity contribution in [3.05, 3.63) is 12.2 Å². The number of carbonyl (C=O) groups excluding carboxylic acids is 2. The van der Waals surface area contributed by atoms with E-state index in [0.29, 0.717) is 25.9 Å². The maximum Gasteiger partial charge on any atom is 0.319 e. The Morgan fingerprint density at radius 2 is 2.19 bits per heavy atom. The molecule has 0 saturated heterocycles. The Hall–Kier alpha value is -1.12. The second-order valence-electron chi connectivity index (χ2n) is 4.16. The van der Waals surface area contributed by atoms with Gasteiger partial charge in [-0.15, -0.1) is 0 Å². The molecular formula is C13H20O3. The fourth-order valence-electron chi connectivity index (χ4n) is 2.16. The molecule has 0 spiro atoms. The van der Waals surface area contributed by atoms with E-state index < -0.39 is 5.41 Å². The smallest absolute Gasteiger partial charge is 0.319 e. The number of hydrogen-bond acceptors (Lipinski definition) is 3. The third kappa shape index (κ3) is 2.52. The second-order valence-corrected chi connectivity index (χ2v) is 4.16. The Kier molecular flexibility index (Phi) is 4.71. The van der Waals surface area contributed by atoms with Gasteiger partial charge in [-0.3, -0.25) is 9.59 Å². The standard InChI is InChI=1S/C13H20O3/c1-3-5-6-9-13(12(15)16-4-2)10-7-8-11(13)14/h5-6H,3-4,7-10H2,1-2H3. The average Bonchev–Trinajstić information content (AvgIpc) is 2.62. The number of ketones is 1. The molecule has 3 nitrogen and oxygen atoms in total. The summed E-state index contributed by atoms with van der Waals surface area (Å²) in [6.45, 7) is 4.14. The van der Waals surface area contributed by atoms with Gasteiger partial charge < -0.3 is 4.74 Å². The predicted octanol–water partition coefficient (Wildman–Crippen LogP) is 2.65. The summed E-state index contributed by atoms with van der Waals surface area (Å²) < 4.78 is 5.04. The zero-order valence-electron chi connectivity index (χ0n) is 10.1. The van der Waals surface area contributed by atoms with Crippen LogP contribution in [0.25, 0.3) is 0 Å². The fourth-order valence-corrected chi connectivity index (χ4v) is 2.16. The SMILES string of the molecule is CCC=CCC1(C(=O)OCC)CCCC1=O. The van der Waals surface area contributed by atoms with Gasteiger partial charge in [-0.05, 0) is 32.6 Å². The van der Waals surface area contributed by atoms with Crippen molar-refractivity contribution in [2.24, 2.45) is 5.41 Å². The van der Waals surface area contributed by atoms with Crippen LogP contribution in [-0.2, 0) is 14.3 Å². The highest BCUT2D eigenvalue weighted by Crippen LogP contribution is 2.39. The van der Waals surface area contributed by atoms with Crippen molar-refractivity contribution in [2.45, 2.75) is 46.0 Å². The highest BCUT2D eigenvalue weighted by Gasteiger charge is 2.48. The van der Waals surface area contributed by atoms with Crippen molar-refractivity contribution in [1.29, 1.82) is 0 Å². The van der Waals surface area contributed by atoms with E-state index >= 15 is 0 Å². The van der Waals surface area contributed by atoms with Gasteiger partial charge in [0.15, 0.2) is 5.78 Å². The van der Waals surface area contributed by atoms with Crippen molar-refractivity contribution in [3.8, 4) is 0 Å². The Labute approximate surface area is 96.9 Å². The number of esters is 1. The molecule has 1 fully saturated rings. The molecule has 90 valence electrons. The number of carbonyl (C=O) groups is 2. The summed E-state index contributed by atoms with van der Waals surface area (Å²) in [6.07, 6.45) is 7.30. The van der Waals surface area contributed by atoms with E-state index in [1.165, 1.54) is 0 Å². The summed E-state index contributed by atoms with van der Waals surface area (Å²) in [7, 11) is 0. The van der Waals surface area contributed by atoms with Crippen LogP contribution in [0.3, 0.4) is 0 Å². The van der Waals surface area contributed by atoms with Gasteiger partial charge in [-0.25, -0.2) is 0 Å². The molecule has 1 rings (SSSR count). The summed E-state index contributed by atoms with van der Waals surface area (Å²) in [5, 5.41) is 0. The molecule has 0 aromatic rings. The Morgan fingerprint density at radius 1 is 1.44 bits per heavy atom. The molecule has 0 aromatic carbocycles. The maximum atomic E-state index is 11.9. The monoisotopic (exact) mass is 224 g/mol. The Bertz CT molecular complexity index is 294. The minimum absolute atomic E-state index is 0.0479. The molecule has 0 radical (unpaired) electrons. The van der Waals surface area contributed by atoms with E-state index in [-0.39, 0.29) is 11.8 Å². The number of ether oxygens (including phenoxy) is 1. The molecule has 0 heterocycles. The number of hydrogen-bond donors (Lipinski definition) is 0. The van der Waals surface area contributed by atoms with E-state index in [0.717, 1.165) is 12.8 Å². The van der Waals surface area contributed by atoms with Crippen LogP contribution in [-0.4, -0.2) is 18.4 Å². The lowest BCUT2D eigenvalue weighted by molar-refractivity contribution is -0.158. The predicted molar refractivity (Wildman–Crippen MR) is 62.0 cm³/mol. The average molecular weight is 224 g/mol. The lowest BCUT2D eigenvalue weighted by atomic mass is 9.81. The zero-order valence-corrected chi connectivity index (χ0v) is 10.1.